The summed E-state index contributed by atoms with van der Waals surface area (Å²) in [6.07, 6.45) is 0.781. The molecule has 1 N–H and O–H groups in total. The van der Waals surface area contributed by atoms with Crippen LogP contribution in [0.5, 0.6) is 11.5 Å². The summed E-state index contributed by atoms with van der Waals surface area (Å²) in [5.41, 5.74) is 1.14. The van der Waals surface area contributed by atoms with Crippen LogP contribution in [0.3, 0.4) is 0 Å². The first-order valence-electron chi connectivity index (χ1n) is 5.47. The fraction of sp³-hybridized carbons (Fsp3) is 0.500. The van der Waals surface area contributed by atoms with Gasteiger partial charge in [-0.15, -0.1) is 0 Å². The molecule has 1 aliphatic heterocycles. The predicted molar refractivity (Wildman–Crippen MR) is 60.1 cm³/mol. The smallest absolute Gasteiger partial charge is 0.161 e. The normalized spacial score (nSPS) is 16.2. The van der Waals surface area contributed by atoms with Crippen LogP contribution in [0.1, 0.15) is 12.5 Å². The minimum absolute atomic E-state index is 0.0857. The van der Waals surface area contributed by atoms with Gasteiger partial charge in [0.15, 0.2) is 11.5 Å². The number of rotatable bonds is 3. The van der Waals surface area contributed by atoms with Crippen molar-refractivity contribution in [3.8, 4) is 11.5 Å². The van der Waals surface area contributed by atoms with Crippen molar-refractivity contribution in [1.29, 1.82) is 0 Å². The van der Waals surface area contributed by atoms with Gasteiger partial charge in [0, 0.05) is 13.1 Å². The molecule has 1 unspecified atom stereocenters. The molecule has 1 aromatic carbocycles. The second-order valence-electron chi connectivity index (χ2n) is 4.10. The lowest BCUT2D eigenvalue weighted by atomic mass is 10.1. The van der Waals surface area contributed by atoms with E-state index in [1.54, 1.807) is 7.05 Å². The molecule has 0 aromatic heterocycles. The van der Waals surface area contributed by atoms with Crippen LogP contribution >= 0.6 is 0 Å². The van der Waals surface area contributed by atoms with Crippen molar-refractivity contribution in [2.45, 2.75) is 19.4 Å². The first-order chi connectivity index (χ1) is 7.66. The lowest BCUT2D eigenvalue weighted by Crippen LogP contribution is -2.27. The van der Waals surface area contributed by atoms with Crippen molar-refractivity contribution in [3.05, 3.63) is 23.8 Å². The van der Waals surface area contributed by atoms with Gasteiger partial charge in [-0.3, -0.25) is 0 Å². The number of hydroxylamine groups is 2. The van der Waals surface area contributed by atoms with E-state index in [1.807, 2.05) is 25.1 Å². The molecule has 0 aliphatic carbocycles. The van der Waals surface area contributed by atoms with Crippen molar-refractivity contribution in [2.75, 3.05) is 20.3 Å². The molecule has 1 aliphatic rings. The molecule has 4 nitrogen and oxygen atoms in total. The van der Waals surface area contributed by atoms with Gasteiger partial charge in [0.25, 0.3) is 0 Å². The van der Waals surface area contributed by atoms with E-state index in [1.165, 1.54) is 5.06 Å². The molecule has 4 heteroatoms. The number of likely N-dealkylation sites (N-methyl/N-ethyl adjacent to an activating group) is 1. The second-order valence-corrected chi connectivity index (χ2v) is 4.10. The number of fused-ring (bicyclic) bond motifs is 1. The maximum atomic E-state index is 9.30. The average Bonchev–Trinajstić information content (AvgIpc) is 2.28. The second kappa shape index (κ2) is 4.72. The van der Waals surface area contributed by atoms with E-state index in [-0.39, 0.29) is 6.04 Å². The molecule has 1 atom stereocenters. The molecule has 0 fully saturated rings. The van der Waals surface area contributed by atoms with Gasteiger partial charge in [-0.1, -0.05) is 6.07 Å². The lowest BCUT2D eigenvalue weighted by Gasteiger charge is -2.21. The Labute approximate surface area is 95.4 Å². The van der Waals surface area contributed by atoms with Crippen molar-refractivity contribution < 1.29 is 14.7 Å². The maximum Gasteiger partial charge on any atom is 0.161 e. The quantitative estimate of drug-likeness (QED) is 0.792. The van der Waals surface area contributed by atoms with E-state index in [0.717, 1.165) is 23.5 Å². The van der Waals surface area contributed by atoms with Crippen LogP contribution in [0.4, 0.5) is 0 Å². The molecule has 0 radical (unpaired) electrons. The summed E-state index contributed by atoms with van der Waals surface area (Å²) < 4.78 is 11.0. The molecule has 0 bridgehead atoms. The van der Waals surface area contributed by atoms with Crippen LogP contribution in [0, 0.1) is 0 Å². The maximum absolute atomic E-state index is 9.30. The molecular weight excluding hydrogens is 206 g/mol. The number of hydrogen-bond acceptors (Lipinski definition) is 4. The number of nitrogens with zero attached hydrogens (tertiary/aromatic N) is 1. The van der Waals surface area contributed by atoms with Gasteiger partial charge in [0.1, 0.15) is 13.2 Å². The highest BCUT2D eigenvalue weighted by molar-refractivity contribution is 5.43. The Morgan fingerprint density at radius 1 is 1.31 bits per heavy atom. The molecular formula is C12H17NO3. The molecule has 0 saturated carbocycles. The van der Waals surface area contributed by atoms with E-state index in [4.69, 9.17) is 9.47 Å². The third-order valence-electron chi connectivity index (χ3n) is 2.78. The van der Waals surface area contributed by atoms with E-state index >= 15 is 0 Å². The first-order valence-corrected chi connectivity index (χ1v) is 5.47. The molecule has 0 amide bonds. The van der Waals surface area contributed by atoms with E-state index in [2.05, 4.69) is 0 Å². The summed E-state index contributed by atoms with van der Waals surface area (Å²) in [5.74, 6) is 1.61. The summed E-state index contributed by atoms with van der Waals surface area (Å²) in [6, 6.07) is 6.00. The van der Waals surface area contributed by atoms with Crippen LogP contribution in [0.15, 0.2) is 18.2 Å². The predicted octanol–water partition coefficient (Wildman–Crippen LogP) is 1.71. The molecule has 1 aromatic rings. The molecule has 16 heavy (non-hydrogen) atoms. The Hall–Kier alpha value is -1.26. The van der Waals surface area contributed by atoms with Gasteiger partial charge >= 0.3 is 0 Å². The van der Waals surface area contributed by atoms with Crippen molar-refractivity contribution >= 4 is 0 Å². The summed E-state index contributed by atoms with van der Waals surface area (Å²) in [7, 11) is 1.66. The van der Waals surface area contributed by atoms with E-state index < -0.39 is 0 Å². The lowest BCUT2D eigenvalue weighted by molar-refractivity contribution is -0.0963. The van der Waals surface area contributed by atoms with Crippen LogP contribution in [-0.4, -0.2) is 36.6 Å². The highest BCUT2D eigenvalue weighted by atomic mass is 16.6. The number of ether oxygens (including phenoxy) is 2. The Bertz CT molecular complexity index is 365. The van der Waals surface area contributed by atoms with Crippen molar-refractivity contribution in [3.63, 3.8) is 0 Å². The summed E-state index contributed by atoms with van der Waals surface area (Å²) in [5, 5.41) is 10.5. The minimum atomic E-state index is 0.0857. The topological polar surface area (TPSA) is 41.9 Å². The van der Waals surface area contributed by atoms with E-state index in [9.17, 15) is 5.21 Å². The Morgan fingerprint density at radius 2 is 2.00 bits per heavy atom. The van der Waals surface area contributed by atoms with Gasteiger partial charge in [-0.2, -0.15) is 5.06 Å². The monoisotopic (exact) mass is 223 g/mol. The zero-order valence-corrected chi connectivity index (χ0v) is 9.64. The van der Waals surface area contributed by atoms with Crippen molar-refractivity contribution in [1.82, 2.24) is 5.06 Å². The summed E-state index contributed by atoms with van der Waals surface area (Å²) >= 11 is 0. The van der Waals surface area contributed by atoms with Gasteiger partial charge in [-0.05, 0) is 31.0 Å². The molecule has 88 valence electrons. The Balaban J connectivity index is 2.11. The Morgan fingerprint density at radius 3 is 2.69 bits per heavy atom. The van der Waals surface area contributed by atoms with Gasteiger partial charge in [0.2, 0.25) is 0 Å². The van der Waals surface area contributed by atoms with Gasteiger partial charge in [-0.25, -0.2) is 0 Å². The van der Waals surface area contributed by atoms with Gasteiger partial charge in [0.05, 0.1) is 0 Å². The minimum Gasteiger partial charge on any atom is -0.486 e. The largest absolute Gasteiger partial charge is 0.486 e. The van der Waals surface area contributed by atoms with Crippen LogP contribution < -0.4 is 9.47 Å². The molecule has 2 rings (SSSR count). The van der Waals surface area contributed by atoms with Crippen LogP contribution in [-0.2, 0) is 6.42 Å². The SMILES string of the molecule is CC(Cc1ccc2c(c1)OCCO2)N(C)O. The Kier molecular flexibility index (Phi) is 3.31. The summed E-state index contributed by atoms with van der Waals surface area (Å²) in [4.78, 5) is 0. The number of hydrogen-bond donors (Lipinski definition) is 1. The fourth-order valence-electron chi connectivity index (χ4n) is 1.69. The summed E-state index contributed by atoms with van der Waals surface area (Å²) in [6.45, 7) is 3.19. The first kappa shape index (κ1) is 11.2. The molecule has 0 spiro atoms. The highest BCUT2D eigenvalue weighted by Gasteiger charge is 2.13. The third kappa shape index (κ3) is 2.46. The highest BCUT2D eigenvalue weighted by Crippen LogP contribution is 2.31. The number of benzene rings is 1. The molecule has 0 saturated heterocycles. The average molecular weight is 223 g/mol. The van der Waals surface area contributed by atoms with Crippen molar-refractivity contribution in [2.24, 2.45) is 0 Å². The van der Waals surface area contributed by atoms with Gasteiger partial charge < -0.3 is 14.7 Å². The third-order valence-corrected chi connectivity index (χ3v) is 2.78. The molecule has 1 heterocycles. The standard InChI is InChI=1S/C12H17NO3/c1-9(13(2)14)7-10-3-4-11-12(8-10)16-6-5-15-11/h3-4,8-9,14H,5-7H2,1-2H3. The zero-order chi connectivity index (χ0) is 11.5. The zero-order valence-electron chi connectivity index (χ0n) is 9.64. The van der Waals surface area contributed by atoms with Crippen LogP contribution in [0.25, 0.3) is 0 Å². The van der Waals surface area contributed by atoms with Crippen LogP contribution in [0.2, 0.25) is 0 Å². The van der Waals surface area contributed by atoms with E-state index in [0.29, 0.717) is 13.2 Å². The fourth-order valence-corrected chi connectivity index (χ4v) is 1.69.